The van der Waals surface area contributed by atoms with Gasteiger partial charge >= 0.3 is 0 Å². The van der Waals surface area contributed by atoms with E-state index in [1.807, 2.05) is 26.1 Å². The summed E-state index contributed by atoms with van der Waals surface area (Å²) in [5.74, 6) is 0.717. The fourth-order valence-electron chi connectivity index (χ4n) is 1.49. The van der Waals surface area contributed by atoms with Gasteiger partial charge in [-0.1, -0.05) is 6.08 Å². The Hall–Kier alpha value is -1.35. The Kier molecular flexibility index (Phi) is 5.57. The van der Waals surface area contributed by atoms with E-state index in [9.17, 15) is 0 Å². The highest BCUT2D eigenvalue weighted by atomic mass is 16.5. The van der Waals surface area contributed by atoms with Crippen molar-refractivity contribution in [1.29, 1.82) is 0 Å². The molecule has 0 bridgehead atoms. The molecule has 1 rings (SSSR count). The van der Waals surface area contributed by atoms with Crippen molar-refractivity contribution in [3.05, 3.63) is 36.0 Å². The highest BCUT2D eigenvalue weighted by molar-refractivity contribution is 5.24. The van der Waals surface area contributed by atoms with Gasteiger partial charge in [0.15, 0.2) is 0 Å². The number of allylic oxidation sites excluding steroid dienone is 1. The molecule has 0 saturated heterocycles. The van der Waals surface area contributed by atoms with Crippen LogP contribution < -0.4 is 10.1 Å². The summed E-state index contributed by atoms with van der Waals surface area (Å²) in [5, 5.41) is 3.12. The number of hydrogen-bond acceptors (Lipinski definition) is 3. The van der Waals surface area contributed by atoms with E-state index in [0.29, 0.717) is 12.5 Å². The van der Waals surface area contributed by atoms with Crippen molar-refractivity contribution in [3.8, 4) is 5.88 Å². The number of pyridine rings is 1. The molecule has 0 aliphatic heterocycles. The lowest BCUT2D eigenvalue weighted by molar-refractivity contribution is 0.299. The van der Waals surface area contributed by atoms with Crippen molar-refractivity contribution in [1.82, 2.24) is 10.3 Å². The summed E-state index contributed by atoms with van der Waals surface area (Å²) in [6, 6.07) is 4.05. The molecule has 88 valence electrons. The van der Waals surface area contributed by atoms with Crippen LogP contribution in [0.15, 0.2) is 24.8 Å². The van der Waals surface area contributed by atoms with Gasteiger partial charge in [-0.2, -0.15) is 0 Å². The third-order valence-corrected chi connectivity index (χ3v) is 2.17. The number of rotatable bonds is 7. The van der Waals surface area contributed by atoms with Crippen LogP contribution in [-0.4, -0.2) is 18.6 Å². The molecule has 3 nitrogen and oxygen atoms in total. The van der Waals surface area contributed by atoms with Gasteiger partial charge in [-0.05, 0) is 38.4 Å². The van der Waals surface area contributed by atoms with Crippen molar-refractivity contribution < 1.29 is 4.74 Å². The molecule has 0 radical (unpaired) electrons. The standard InChI is InChI=1S/C13H20N2O/c1-4-5-6-7-16-13-9-12(10-14-3)8-11(2)15-13/h4,8-9,14H,1,5-7,10H2,2-3H3. The minimum absolute atomic E-state index is 0.696. The summed E-state index contributed by atoms with van der Waals surface area (Å²) in [5.41, 5.74) is 2.19. The molecule has 0 unspecified atom stereocenters. The quantitative estimate of drug-likeness (QED) is 0.566. The van der Waals surface area contributed by atoms with Crippen LogP contribution in [0.1, 0.15) is 24.1 Å². The minimum atomic E-state index is 0.696. The first-order valence-electron chi connectivity index (χ1n) is 5.62. The van der Waals surface area contributed by atoms with Crippen molar-refractivity contribution in [2.45, 2.75) is 26.3 Å². The highest BCUT2D eigenvalue weighted by Gasteiger charge is 2.00. The summed E-state index contributed by atoms with van der Waals surface area (Å²) < 4.78 is 5.59. The normalized spacial score (nSPS) is 10.1. The van der Waals surface area contributed by atoms with E-state index in [2.05, 4.69) is 22.9 Å². The van der Waals surface area contributed by atoms with Crippen molar-refractivity contribution >= 4 is 0 Å². The maximum atomic E-state index is 5.59. The summed E-state index contributed by atoms with van der Waals surface area (Å²) in [7, 11) is 1.93. The van der Waals surface area contributed by atoms with Crippen LogP contribution in [-0.2, 0) is 6.54 Å². The molecule has 16 heavy (non-hydrogen) atoms. The van der Waals surface area contributed by atoms with E-state index in [0.717, 1.165) is 25.1 Å². The number of nitrogens with zero attached hydrogens (tertiary/aromatic N) is 1. The summed E-state index contributed by atoms with van der Waals surface area (Å²) in [6.07, 6.45) is 3.87. The highest BCUT2D eigenvalue weighted by Crippen LogP contribution is 2.12. The molecular weight excluding hydrogens is 200 g/mol. The Balaban J connectivity index is 2.54. The van der Waals surface area contributed by atoms with Gasteiger partial charge in [0.25, 0.3) is 0 Å². The molecule has 0 spiro atoms. The Labute approximate surface area is 97.5 Å². The number of aromatic nitrogens is 1. The number of nitrogens with one attached hydrogen (secondary N) is 1. The average Bonchev–Trinajstić information content (AvgIpc) is 2.24. The molecule has 1 aromatic rings. The maximum Gasteiger partial charge on any atom is 0.213 e. The molecule has 0 amide bonds. The van der Waals surface area contributed by atoms with Crippen LogP contribution >= 0.6 is 0 Å². The molecular formula is C13H20N2O. The third-order valence-electron chi connectivity index (χ3n) is 2.17. The van der Waals surface area contributed by atoms with Crippen LogP contribution in [0.5, 0.6) is 5.88 Å². The molecule has 1 N–H and O–H groups in total. The molecule has 0 aliphatic carbocycles. The molecule has 0 atom stereocenters. The zero-order chi connectivity index (χ0) is 11.8. The monoisotopic (exact) mass is 220 g/mol. The number of unbranched alkanes of at least 4 members (excludes halogenated alkanes) is 1. The molecule has 0 fully saturated rings. The van der Waals surface area contributed by atoms with E-state index in [1.165, 1.54) is 5.56 Å². The second-order valence-corrected chi connectivity index (χ2v) is 3.76. The van der Waals surface area contributed by atoms with Crippen LogP contribution in [0.4, 0.5) is 0 Å². The Bertz CT molecular complexity index is 337. The molecule has 1 heterocycles. The largest absolute Gasteiger partial charge is 0.478 e. The molecule has 3 heteroatoms. The topological polar surface area (TPSA) is 34.1 Å². The van der Waals surface area contributed by atoms with E-state index < -0.39 is 0 Å². The van der Waals surface area contributed by atoms with Crippen LogP contribution in [0.2, 0.25) is 0 Å². The van der Waals surface area contributed by atoms with Crippen LogP contribution in [0.25, 0.3) is 0 Å². The predicted molar refractivity (Wildman–Crippen MR) is 66.7 cm³/mol. The fraction of sp³-hybridized carbons (Fsp3) is 0.462. The Morgan fingerprint density at radius 2 is 2.31 bits per heavy atom. The van der Waals surface area contributed by atoms with Gasteiger partial charge in [0, 0.05) is 18.3 Å². The van der Waals surface area contributed by atoms with Gasteiger partial charge in [0.1, 0.15) is 0 Å². The Morgan fingerprint density at radius 1 is 1.50 bits per heavy atom. The smallest absolute Gasteiger partial charge is 0.213 e. The zero-order valence-electron chi connectivity index (χ0n) is 10.1. The van der Waals surface area contributed by atoms with Crippen molar-refractivity contribution in [2.75, 3.05) is 13.7 Å². The van der Waals surface area contributed by atoms with Gasteiger partial charge in [0.05, 0.1) is 6.61 Å². The number of ether oxygens (including phenoxy) is 1. The van der Waals surface area contributed by atoms with Gasteiger partial charge < -0.3 is 10.1 Å². The molecule has 1 aromatic heterocycles. The predicted octanol–water partition coefficient (Wildman–Crippen LogP) is 2.45. The fourth-order valence-corrected chi connectivity index (χ4v) is 1.49. The Morgan fingerprint density at radius 3 is 3.00 bits per heavy atom. The lowest BCUT2D eigenvalue weighted by Crippen LogP contribution is -2.07. The summed E-state index contributed by atoms with van der Waals surface area (Å²) >= 11 is 0. The lowest BCUT2D eigenvalue weighted by atomic mass is 10.2. The molecule has 0 saturated carbocycles. The second kappa shape index (κ2) is 7.01. The molecule has 0 aromatic carbocycles. The van der Waals surface area contributed by atoms with Crippen molar-refractivity contribution in [2.24, 2.45) is 0 Å². The van der Waals surface area contributed by atoms with Crippen molar-refractivity contribution in [3.63, 3.8) is 0 Å². The van der Waals surface area contributed by atoms with Gasteiger partial charge in [-0.3, -0.25) is 0 Å². The summed E-state index contributed by atoms with van der Waals surface area (Å²) in [4.78, 5) is 4.34. The van der Waals surface area contributed by atoms with Gasteiger partial charge in [0.2, 0.25) is 5.88 Å². The second-order valence-electron chi connectivity index (χ2n) is 3.76. The number of aryl methyl sites for hydroxylation is 1. The molecule has 0 aliphatic rings. The van der Waals surface area contributed by atoms with E-state index >= 15 is 0 Å². The first kappa shape index (κ1) is 12.7. The first-order chi connectivity index (χ1) is 7.76. The van der Waals surface area contributed by atoms with E-state index in [1.54, 1.807) is 0 Å². The number of hydrogen-bond donors (Lipinski definition) is 1. The van der Waals surface area contributed by atoms with Crippen LogP contribution in [0.3, 0.4) is 0 Å². The third kappa shape index (κ3) is 4.45. The van der Waals surface area contributed by atoms with Gasteiger partial charge in [-0.25, -0.2) is 4.98 Å². The van der Waals surface area contributed by atoms with Crippen LogP contribution in [0, 0.1) is 6.92 Å². The summed E-state index contributed by atoms with van der Waals surface area (Å²) in [6.45, 7) is 7.20. The maximum absolute atomic E-state index is 5.59. The van der Waals surface area contributed by atoms with E-state index in [4.69, 9.17) is 4.74 Å². The average molecular weight is 220 g/mol. The minimum Gasteiger partial charge on any atom is -0.478 e. The SMILES string of the molecule is C=CCCCOc1cc(CNC)cc(C)n1. The first-order valence-corrected chi connectivity index (χ1v) is 5.62. The lowest BCUT2D eigenvalue weighted by Gasteiger charge is -2.08. The van der Waals surface area contributed by atoms with E-state index in [-0.39, 0.29) is 0 Å². The zero-order valence-corrected chi connectivity index (χ0v) is 10.1. The van der Waals surface area contributed by atoms with Gasteiger partial charge in [-0.15, -0.1) is 6.58 Å².